The molecule has 1 aromatic rings. The molecule has 15 heavy (non-hydrogen) atoms. The summed E-state index contributed by atoms with van der Waals surface area (Å²) in [6.07, 6.45) is 0. The second-order valence-corrected chi connectivity index (χ2v) is 7.21. The van der Waals surface area contributed by atoms with E-state index in [0.717, 1.165) is 14.4 Å². The standard InChI is InChI=1S/C10H11BBr2Cl2/c1-10(2,3)6-4-7(12)9(11(14)15)8(13)5-6/h4-5H,1-3H3. The summed E-state index contributed by atoms with van der Waals surface area (Å²) < 4.78 is 1.88. The molecule has 0 unspecified atom stereocenters. The van der Waals surface area contributed by atoms with E-state index in [9.17, 15) is 0 Å². The Morgan fingerprint density at radius 1 is 1.07 bits per heavy atom. The monoisotopic (exact) mass is 370 g/mol. The third-order valence-electron chi connectivity index (χ3n) is 2.16. The maximum absolute atomic E-state index is 5.89. The highest BCUT2D eigenvalue weighted by atomic mass is 79.9. The van der Waals surface area contributed by atoms with Gasteiger partial charge in [-0.2, -0.15) is 22.9 Å². The maximum Gasteiger partial charge on any atom is 0.385 e. The van der Waals surface area contributed by atoms with E-state index >= 15 is 0 Å². The molecule has 5 heteroatoms. The van der Waals surface area contributed by atoms with Crippen molar-refractivity contribution in [1.82, 2.24) is 0 Å². The molecule has 0 aliphatic carbocycles. The fourth-order valence-corrected chi connectivity index (χ4v) is 3.87. The summed E-state index contributed by atoms with van der Waals surface area (Å²) >= 11 is 18.8. The zero-order valence-electron chi connectivity index (χ0n) is 8.74. The van der Waals surface area contributed by atoms with Crippen molar-refractivity contribution in [3.63, 3.8) is 0 Å². The van der Waals surface area contributed by atoms with E-state index in [4.69, 9.17) is 22.9 Å². The van der Waals surface area contributed by atoms with Crippen LogP contribution in [-0.4, -0.2) is 5.54 Å². The van der Waals surface area contributed by atoms with E-state index in [1.165, 1.54) is 5.56 Å². The van der Waals surface area contributed by atoms with Crippen molar-refractivity contribution in [3.8, 4) is 0 Å². The van der Waals surface area contributed by atoms with Gasteiger partial charge in [-0.3, -0.25) is 0 Å². The van der Waals surface area contributed by atoms with Gasteiger partial charge in [0.15, 0.2) is 0 Å². The molecule has 0 saturated carbocycles. The quantitative estimate of drug-likeness (QED) is 0.628. The van der Waals surface area contributed by atoms with Crippen LogP contribution in [0.3, 0.4) is 0 Å². The van der Waals surface area contributed by atoms with Crippen LogP contribution in [-0.2, 0) is 5.41 Å². The largest absolute Gasteiger partial charge is 0.385 e. The average molecular weight is 373 g/mol. The molecule has 0 amide bonds. The zero-order chi connectivity index (χ0) is 11.8. The first-order chi connectivity index (χ1) is 6.73. The Labute approximate surface area is 118 Å². The Kier molecular flexibility index (Phi) is 4.62. The van der Waals surface area contributed by atoms with Gasteiger partial charge in [-0.15, -0.1) is 0 Å². The molecule has 1 rings (SSSR count). The Morgan fingerprint density at radius 3 is 1.73 bits per heavy atom. The topological polar surface area (TPSA) is 0 Å². The van der Waals surface area contributed by atoms with Crippen LogP contribution in [0.2, 0.25) is 0 Å². The molecule has 1 aromatic carbocycles. The molecule has 0 heterocycles. The molecule has 0 aromatic heterocycles. The predicted octanol–water partition coefficient (Wildman–Crippen LogP) is 4.68. The van der Waals surface area contributed by atoms with Crippen LogP contribution in [0.4, 0.5) is 0 Å². The summed E-state index contributed by atoms with van der Waals surface area (Å²) in [4.78, 5) is 0. The molecular weight excluding hydrogens is 362 g/mol. The molecule has 0 atom stereocenters. The van der Waals surface area contributed by atoms with E-state index in [-0.39, 0.29) is 5.41 Å². The summed E-state index contributed by atoms with van der Waals surface area (Å²) in [7, 11) is 0. The first-order valence-corrected chi connectivity index (χ1v) is 6.97. The second kappa shape index (κ2) is 4.99. The third kappa shape index (κ3) is 3.39. The minimum absolute atomic E-state index is 0.109. The molecule has 0 aliphatic heterocycles. The third-order valence-corrected chi connectivity index (χ3v) is 3.91. The van der Waals surface area contributed by atoms with Gasteiger partial charge in [0.25, 0.3) is 0 Å². The van der Waals surface area contributed by atoms with E-state index < -0.39 is 5.54 Å². The Balaban J connectivity index is 3.32. The van der Waals surface area contributed by atoms with Crippen LogP contribution >= 0.6 is 54.8 Å². The lowest BCUT2D eigenvalue weighted by molar-refractivity contribution is 0.589. The van der Waals surface area contributed by atoms with Gasteiger partial charge in [0, 0.05) is 8.95 Å². The highest BCUT2D eigenvalue weighted by molar-refractivity contribution is 9.11. The minimum atomic E-state index is -0.525. The maximum atomic E-state index is 5.89. The summed E-state index contributed by atoms with van der Waals surface area (Å²) in [6.45, 7) is 6.50. The van der Waals surface area contributed by atoms with Gasteiger partial charge in [0.1, 0.15) is 0 Å². The molecule has 0 fully saturated rings. The lowest BCUT2D eigenvalue weighted by atomic mass is 9.84. The van der Waals surface area contributed by atoms with Crippen LogP contribution in [0.25, 0.3) is 0 Å². The van der Waals surface area contributed by atoms with Gasteiger partial charge in [-0.25, -0.2) is 0 Å². The van der Waals surface area contributed by atoms with E-state index in [1.807, 2.05) is 0 Å². The van der Waals surface area contributed by atoms with Crippen molar-refractivity contribution in [2.45, 2.75) is 26.2 Å². The van der Waals surface area contributed by atoms with Crippen LogP contribution in [0.15, 0.2) is 21.1 Å². The lowest BCUT2D eigenvalue weighted by Crippen LogP contribution is -2.23. The summed E-state index contributed by atoms with van der Waals surface area (Å²) in [5.74, 6) is 0. The summed E-state index contributed by atoms with van der Waals surface area (Å²) in [6, 6.07) is 4.13. The number of benzene rings is 1. The molecule has 0 radical (unpaired) electrons. The van der Waals surface area contributed by atoms with Crippen molar-refractivity contribution in [2.75, 3.05) is 0 Å². The second-order valence-electron chi connectivity index (χ2n) is 4.40. The van der Waals surface area contributed by atoms with Crippen LogP contribution < -0.4 is 5.46 Å². The van der Waals surface area contributed by atoms with Crippen LogP contribution in [0, 0.1) is 0 Å². The van der Waals surface area contributed by atoms with Gasteiger partial charge < -0.3 is 0 Å². The number of hydrogen-bond acceptors (Lipinski definition) is 0. The fraction of sp³-hybridized carbons (Fsp3) is 0.400. The highest BCUT2D eigenvalue weighted by Crippen LogP contribution is 2.28. The van der Waals surface area contributed by atoms with Gasteiger partial charge >= 0.3 is 5.54 Å². The molecule has 0 spiro atoms. The Morgan fingerprint density at radius 2 is 1.47 bits per heavy atom. The van der Waals surface area contributed by atoms with Crippen molar-refractivity contribution < 1.29 is 0 Å². The van der Waals surface area contributed by atoms with E-state index in [0.29, 0.717) is 0 Å². The van der Waals surface area contributed by atoms with Gasteiger partial charge in [0.05, 0.1) is 0 Å². The normalized spacial score (nSPS) is 11.7. The molecule has 82 valence electrons. The lowest BCUT2D eigenvalue weighted by Gasteiger charge is -2.21. The van der Waals surface area contributed by atoms with Crippen molar-refractivity contribution in [3.05, 3.63) is 26.6 Å². The SMILES string of the molecule is CC(C)(C)c1cc(Br)c(B(Cl)Cl)c(Br)c1. The minimum Gasteiger partial charge on any atom is -0.164 e. The first-order valence-electron chi connectivity index (χ1n) is 4.51. The molecule has 0 nitrogen and oxygen atoms in total. The summed E-state index contributed by atoms with van der Waals surface area (Å²) in [5, 5.41) is 0. The van der Waals surface area contributed by atoms with Gasteiger partial charge in [-0.1, -0.05) is 52.6 Å². The fourth-order valence-electron chi connectivity index (χ4n) is 1.23. The highest BCUT2D eigenvalue weighted by Gasteiger charge is 2.21. The number of rotatable bonds is 1. The van der Waals surface area contributed by atoms with Crippen LogP contribution in [0.5, 0.6) is 0 Å². The molecular formula is C10H11BBr2Cl2. The van der Waals surface area contributed by atoms with Crippen LogP contribution in [0.1, 0.15) is 26.3 Å². The molecule has 0 saturated heterocycles. The molecule has 0 bridgehead atoms. The first kappa shape index (κ1) is 13.9. The van der Waals surface area contributed by atoms with Crippen molar-refractivity contribution in [1.29, 1.82) is 0 Å². The number of hydrogen-bond donors (Lipinski definition) is 0. The van der Waals surface area contributed by atoms with E-state index in [2.05, 4.69) is 64.8 Å². The van der Waals surface area contributed by atoms with Crippen molar-refractivity contribution >= 4 is 65.8 Å². The van der Waals surface area contributed by atoms with Gasteiger partial charge in [0.2, 0.25) is 0 Å². The number of halogens is 4. The van der Waals surface area contributed by atoms with Crippen molar-refractivity contribution in [2.24, 2.45) is 0 Å². The smallest absolute Gasteiger partial charge is 0.164 e. The molecule has 0 aliphatic rings. The predicted molar refractivity (Wildman–Crippen MR) is 77.6 cm³/mol. The van der Waals surface area contributed by atoms with E-state index in [1.54, 1.807) is 0 Å². The Hall–Kier alpha value is 0.825. The summed E-state index contributed by atoms with van der Waals surface area (Å²) in [5.41, 5.74) is 1.70. The average Bonchev–Trinajstić information content (AvgIpc) is 1.99. The van der Waals surface area contributed by atoms with Gasteiger partial charge in [-0.05, 0) is 28.6 Å². The molecule has 0 N–H and O–H groups in total. The Bertz CT molecular complexity index is 349. The zero-order valence-corrected chi connectivity index (χ0v) is 13.4.